The van der Waals surface area contributed by atoms with Gasteiger partial charge in [-0.3, -0.25) is 0 Å². The van der Waals surface area contributed by atoms with Gasteiger partial charge in [0.25, 0.3) is 0 Å². The van der Waals surface area contributed by atoms with Gasteiger partial charge in [-0.25, -0.2) is 0 Å². The number of rotatable bonds is 5. The normalized spacial score (nSPS) is 13.3. The van der Waals surface area contributed by atoms with Gasteiger partial charge in [0.15, 0.2) is 0 Å². The van der Waals surface area contributed by atoms with Gasteiger partial charge < -0.3 is 14.6 Å². The number of aliphatic hydroxyl groups is 1. The molecule has 0 radical (unpaired) electrons. The topological polar surface area (TPSA) is 38.7 Å². The first kappa shape index (κ1) is 15.1. The third-order valence-electron chi connectivity index (χ3n) is 3.46. The minimum absolute atomic E-state index is 0.245. The lowest BCUT2D eigenvalue weighted by molar-refractivity contribution is 0.0445. The van der Waals surface area contributed by atoms with Gasteiger partial charge in [-0.1, -0.05) is 32.4 Å². The Morgan fingerprint density at radius 1 is 1.28 bits per heavy atom. The van der Waals surface area contributed by atoms with Crippen molar-refractivity contribution in [1.29, 1.82) is 0 Å². The Bertz CT molecular complexity index is 416. The van der Waals surface area contributed by atoms with E-state index in [1.54, 1.807) is 19.2 Å². The van der Waals surface area contributed by atoms with Crippen LogP contribution in [0, 0.1) is 5.41 Å². The Balaban J connectivity index is 3.29. The first-order valence-corrected chi connectivity index (χ1v) is 6.35. The molecule has 0 aliphatic carbocycles. The molecule has 0 bridgehead atoms. The fourth-order valence-corrected chi connectivity index (χ4v) is 2.07. The van der Waals surface area contributed by atoms with Gasteiger partial charge in [-0.05, 0) is 24.0 Å². The maximum absolute atomic E-state index is 10.5. The summed E-state index contributed by atoms with van der Waals surface area (Å²) in [4.78, 5) is 0. The molecule has 1 rings (SSSR count). The van der Waals surface area contributed by atoms with Gasteiger partial charge in [-0.2, -0.15) is 0 Å². The molecule has 1 unspecified atom stereocenters. The number of hydrogen-bond donors (Lipinski definition) is 1. The lowest BCUT2D eigenvalue weighted by atomic mass is 9.80. The SMILES string of the molecule is CCC(C)(C)C(O)c1ccc(OC)c(Cl)c1OC. The molecule has 0 amide bonds. The standard InChI is InChI=1S/C14H21ClO3/c1-6-14(2,3)13(16)9-7-8-10(17-4)11(15)12(9)18-5/h7-8,13,16H,6H2,1-5H3. The minimum Gasteiger partial charge on any atom is -0.495 e. The highest BCUT2D eigenvalue weighted by Gasteiger charge is 2.30. The third kappa shape index (κ3) is 2.73. The zero-order chi connectivity index (χ0) is 13.9. The highest BCUT2D eigenvalue weighted by Crippen LogP contribution is 2.45. The smallest absolute Gasteiger partial charge is 0.147 e. The van der Waals surface area contributed by atoms with E-state index >= 15 is 0 Å². The Labute approximate surface area is 114 Å². The van der Waals surface area contributed by atoms with Gasteiger partial charge >= 0.3 is 0 Å². The molecule has 1 aromatic rings. The van der Waals surface area contributed by atoms with E-state index in [0.29, 0.717) is 22.1 Å². The van der Waals surface area contributed by atoms with Crippen LogP contribution in [0.15, 0.2) is 12.1 Å². The third-order valence-corrected chi connectivity index (χ3v) is 3.82. The maximum Gasteiger partial charge on any atom is 0.147 e. The van der Waals surface area contributed by atoms with Crippen LogP contribution in [-0.2, 0) is 0 Å². The number of benzene rings is 1. The van der Waals surface area contributed by atoms with Crippen molar-refractivity contribution in [2.45, 2.75) is 33.3 Å². The van der Waals surface area contributed by atoms with Crippen LogP contribution in [0.1, 0.15) is 38.9 Å². The minimum atomic E-state index is -0.638. The van der Waals surface area contributed by atoms with E-state index in [4.69, 9.17) is 21.1 Å². The largest absolute Gasteiger partial charge is 0.495 e. The van der Waals surface area contributed by atoms with Crippen LogP contribution in [0.25, 0.3) is 0 Å². The van der Waals surface area contributed by atoms with Gasteiger partial charge in [0.05, 0.1) is 20.3 Å². The highest BCUT2D eigenvalue weighted by atomic mass is 35.5. The fourth-order valence-electron chi connectivity index (χ4n) is 1.75. The van der Waals surface area contributed by atoms with Crippen molar-refractivity contribution in [1.82, 2.24) is 0 Å². The van der Waals surface area contributed by atoms with Gasteiger partial charge in [0, 0.05) is 5.56 Å². The summed E-state index contributed by atoms with van der Waals surface area (Å²) in [5.74, 6) is 1.02. The molecule has 4 heteroatoms. The Morgan fingerprint density at radius 3 is 2.33 bits per heavy atom. The molecule has 0 fully saturated rings. The Morgan fingerprint density at radius 2 is 1.89 bits per heavy atom. The van der Waals surface area contributed by atoms with Gasteiger partial charge in [-0.15, -0.1) is 0 Å². The summed E-state index contributed by atoms with van der Waals surface area (Å²) >= 11 is 6.19. The molecule has 0 saturated heterocycles. The van der Waals surface area contributed by atoms with Crippen molar-refractivity contribution in [3.8, 4) is 11.5 Å². The molecule has 1 N–H and O–H groups in total. The van der Waals surface area contributed by atoms with Crippen molar-refractivity contribution < 1.29 is 14.6 Å². The molecule has 0 aromatic heterocycles. The Hall–Kier alpha value is -0.930. The van der Waals surface area contributed by atoms with Crippen molar-refractivity contribution in [2.75, 3.05) is 14.2 Å². The van der Waals surface area contributed by atoms with E-state index in [9.17, 15) is 5.11 Å². The van der Waals surface area contributed by atoms with Crippen LogP contribution in [0.2, 0.25) is 5.02 Å². The number of halogens is 1. The van der Waals surface area contributed by atoms with E-state index in [2.05, 4.69) is 0 Å². The van der Waals surface area contributed by atoms with E-state index in [1.807, 2.05) is 20.8 Å². The van der Waals surface area contributed by atoms with Crippen LogP contribution in [0.5, 0.6) is 11.5 Å². The molecule has 0 saturated carbocycles. The fraction of sp³-hybridized carbons (Fsp3) is 0.571. The van der Waals surface area contributed by atoms with Crippen molar-refractivity contribution in [3.63, 3.8) is 0 Å². The number of methoxy groups -OCH3 is 2. The van der Waals surface area contributed by atoms with E-state index < -0.39 is 6.10 Å². The van der Waals surface area contributed by atoms with E-state index in [0.717, 1.165) is 6.42 Å². The zero-order valence-electron chi connectivity index (χ0n) is 11.6. The maximum atomic E-state index is 10.5. The van der Waals surface area contributed by atoms with Crippen LogP contribution in [0.4, 0.5) is 0 Å². The molecule has 1 aromatic carbocycles. The predicted molar refractivity (Wildman–Crippen MR) is 73.6 cm³/mol. The highest BCUT2D eigenvalue weighted by molar-refractivity contribution is 6.33. The van der Waals surface area contributed by atoms with E-state index in [-0.39, 0.29) is 5.41 Å². The molecule has 18 heavy (non-hydrogen) atoms. The quantitative estimate of drug-likeness (QED) is 0.885. The molecular formula is C14H21ClO3. The molecule has 0 heterocycles. The summed E-state index contributed by atoms with van der Waals surface area (Å²) in [6, 6.07) is 3.54. The average Bonchev–Trinajstić information content (AvgIpc) is 2.37. The molecular weight excluding hydrogens is 252 g/mol. The summed E-state index contributed by atoms with van der Waals surface area (Å²) in [6.07, 6.45) is 0.210. The monoisotopic (exact) mass is 272 g/mol. The van der Waals surface area contributed by atoms with Gasteiger partial charge in [0.1, 0.15) is 16.5 Å². The van der Waals surface area contributed by atoms with Crippen LogP contribution < -0.4 is 9.47 Å². The molecule has 1 atom stereocenters. The van der Waals surface area contributed by atoms with Crippen LogP contribution >= 0.6 is 11.6 Å². The summed E-state index contributed by atoms with van der Waals surface area (Å²) in [6.45, 7) is 6.06. The molecule has 0 aliphatic rings. The first-order valence-electron chi connectivity index (χ1n) is 5.97. The summed E-state index contributed by atoms with van der Waals surface area (Å²) in [5.41, 5.74) is 0.445. The lowest BCUT2D eigenvalue weighted by Crippen LogP contribution is -2.21. The average molecular weight is 273 g/mol. The van der Waals surface area contributed by atoms with Gasteiger partial charge in [0.2, 0.25) is 0 Å². The second kappa shape index (κ2) is 5.81. The van der Waals surface area contributed by atoms with Crippen molar-refractivity contribution in [2.24, 2.45) is 5.41 Å². The van der Waals surface area contributed by atoms with Crippen molar-refractivity contribution in [3.05, 3.63) is 22.7 Å². The first-order chi connectivity index (χ1) is 8.38. The number of hydrogen-bond acceptors (Lipinski definition) is 3. The number of ether oxygens (including phenoxy) is 2. The molecule has 0 spiro atoms. The number of aliphatic hydroxyl groups excluding tert-OH is 1. The summed E-state index contributed by atoms with van der Waals surface area (Å²) < 4.78 is 10.4. The second-order valence-electron chi connectivity index (χ2n) is 4.95. The molecule has 102 valence electrons. The van der Waals surface area contributed by atoms with Crippen molar-refractivity contribution >= 4 is 11.6 Å². The van der Waals surface area contributed by atoms with Crippen LogP contribution in [0.3, 0.4) is 0 Å². The zero-order valence-corrected chi connectivity index (χ0v) is 12.3. The summed E-state index contributed by atoms with van der Waals surface area (Å²) in [5, 5.41) is 10.9. The summed E-state index contributed by atoms with van der Waals surface area (Å²) in [7, 11) is 3.09. The van der Waals surface area contributed by atoms with E-state index in [1.165, 1.54) is 7.11 Å². The molecule has 3 nitrogen and oxygen atoms in total. The predicted octanol–water partition coefficient (Wildman–Crippen LogP) is 3.83. The van der Waals surface area contributed by atoms with Crippen LogP contribution in [-0.4, -0.2) is 19.3 Å². The second-order valence-corrected chi connectivity index (χ2v) is 5.33. The Kier molecular flexibility index (Phi) is 4.88. The lowest BCUT2D eigenvalue weighted by Gasteiger charge is -2.30. The molecule has 0 aliphatic heterocycles.